The van der Waals surface area contributed by atoms with Gasteiger partial charge in [-0.3, -0.25) is 4.79 Å². The number of aromatic nitrogens is 2. The molecule has 0 spiro atoms. The summed E-state index contributed by atoms with van der Waals surface area (Å²) in [5, 5.41) is 0.821. The average molecular weight is 378 g/mol. The van der Waals surface area contributed by atoms with Crippen LogP contribution in [0, 0.1) is 0 Å². The van der Waals surface area contributed by atoms with E-state index in [9.17, 15) is 4.79 Å². The van der Waals surface area contributed by atoms with E-state index >= 15 is 0 Å². The lowest BCUT2D eigenvalue weighted by atomic mass is 10.1. The summed E-state index contributed by atoms with van der Waals surface area (Å²) in [6.07, 6.45) is 1.67. The molecule has 0 N–H and O–H groups in total. The van der Waals surface area contributed by atoms with Crippen molar-refractivity contribution in [3.63, 3.8) is 0 Å². The maximum Gasteiger partial charge on any atom is 0.259 e. The molecule has 2 aromatic heterocycles. The predicted octanol–water partition coefficient (Wildman–Crippen LogP) is 2.61. The Morgan fingerprint density at radius 1 is 1.00 bits per heavy atom. The number of piperazine rings is 1. The number of nitrogens with zero attached hydrogens (tertiary/aromatic N) is 4. The van der Waals surface area contributed by atoms with E-state index in [0.717, 1.165) is 29.9 Å². The van der Waals surface area contributed by atoms with E-state index in [0.29, 0.717) is 30.2 Å². The fourth-order valence-corrected chi connectivity index (χ4v) is 3.44. The maximum absolute atomic E-state index is 13.1. The lowest BCUT2D eigenvalue weighted by Gasteiger charge is -2.36. The van der Waals surface area contributed by atoms with Gasteiger partial charge >= 0.3 is 0 Å². The highest BCUT2D eigenvalue weighted by molar-refractivity contribution is 5.99. The first-order valence-electron chi connectivity index (χ1n) is 9.17. The van der Waals surface area contributed by atoms with E-state index in [1.165, 1.54) is 7.11 Å². The van der Waals surface area contributed by atoms with Crippen molar-refractivity contribution in [3.05, 3.63) is 54.2 Å². The number of pyridine rings is 2. The van der Waals surface area contributed by atoms with Crippen molar-refractivity contribution >= 4 is 22.6 Å². The molecule has 0 atom stereocenters. The van der Waals surface area contributed by atoms with Gasteiger partial charge in [0.2, 0.25) is 5.88 Å². The van der Waals surface area contributed by atoms with Gasteiger partial charge in [0.05, 0.1) is 14.2 Å². The van der Waals surface area contributed by atoms with Gasteiger partial charge in [0.15, 0.2) is 5.65 Å². The second-order valence-electron chi connectivity index (χ2n) is 6.58. The third kappa shape index (κ3) is 3.43. The van der Waals surface area contributed by atoms with Gasteiger partial charge in [-0.05, 0) is 30.3 Å². The topological polar surface area (TPSA) is 67.8 Å². The zero-order chi connectivity index (χ0) is 19.5. The quantitative estimate of drug-likeness (QED) is 0.695. The summed E-state index contributed by atoms with van der Waals surface area (Å²) >= 11 is 0. The largest absolute Gasteiger partial charge is 0.497 e. The zero-order valence-corrected chi connectivity index (χ0v) is 16.0. The Bertz CT molecular complexity index is 1000. The van der Waals surface area contributed by atoms with E-state index < -0.39 is 0 Å². The summed E-state index contributed by atoms with van der Waals surface area (Å²) < 4.78 is 10.7. The Morgan fingerprint density at radius 3 is 2.57 bits per heavy atom. The Hall–Kier alpha value is -3.35. The van der Waals surface area contributed by atoms with Crippen LogP contribution < -0.4 is 14.4 Å². The molecule has 0 bridgehead atoms. The molecule has 1 saturated heterocycles. The van der Waals surface area contributed by atoms with Crippen molar-refractivity contribution in [1.82, 2.24) is 14.9 Å². The van der Waals surface area contributed by atoms with Gasteiger partial charge < -0.3 is 19.3 Å². The maximum atomic E-state index is 13.1. The normalized spacial score (nSPS) is 14.2. The molecule has 1 aliphatic heterocycles. The minimum absolute atomic E-state index is 0.0691. The number of amides is 1. The highest BCUT2D eigenvalue weighted by Gasteiger charge is 2.25. The Kier molecular flexibility index (Phi) is 4.97. The van der Waals surface area contributed by atoms with Gasteiger partial charge in [-0.15, -0.1) is 0 Å². The van der Waals surface area contributed by atoms with Crippen molar-refractivity contribution in [2.24, 2.45) is 0 Å². The van der Waals surface area contributed by atoms with E-state index in [1.54, 1.807) is 13.3 Å². The summed E-state index contributed by atoms with van der Waals surface area (Å²) in [5.74, 6) is 1.07. The van der Waals surface area contributed by atoms with Crippen molar-refractivity contribution < 1.29 is 14.3 Å². The SMILES string of the molecule is COc1cccc(N2CCN(C(=O)c3cc4cccnc4nc3OC)CC2)c1. The minimum atomic E-state index is -0.0691. The fraction of sp³-hybridized carbons (Fsp3) is 0.286. The molecule has 1 amide bonds. The van der Waals surface area contributed by atoms with Crippen molar-refractivity contribution in [2.75, 3.05) is 45.3 Å². The first-order chi connectivity index (χ1) is 13.7. The minimum Gasteiger partial charge on any atom is -0.497 e. The second-order valence-corrected chi connectivity index (χ2v) is 6.58. The fourth-order valence-electron chi connectivity index (χ4n) is 3.44. The predicted molar refractivity (Wildman–Crippen MR) is 107 cm³/mol. The third-order valence-electron chi connectivity index (χ3n) is 4.96. The molecule has 0 radical (unpaired) electrons. The first kappa shape index (κ1) is 18.0. The number of fused-ring (bicyclic) bond motifs is 1. The van der Waals surface area contributed by atoms with Crippen molar-refractivity contribution in [3.8, 4) is 11.6 Å². The number of anilines is 1. The van der Waals surface area contributed by atoms with Crippen LogP contribution in [0.5, 0.6) is 11.6 Å². The lowest BCUT2D eigenvalue weighted by molar-refractivity contribution is 0.0743. The molecule has 1 aromatic carbocycles. The molecule has 3 aromatic rings. The molecule has 7 nitrogen and oxygen atoms in total. The standard InChI is InChI=1S/C21H22N4O3/c1-27-17-7-3-6-16(14-17)24-9-11-25(12-10-24)21(26)18-13-15-5-4-8-22-19(15)23-20(18)28-2/h3-8,13-14H,9-12H2,1-2H3. The van der Waals surface area contributed by atoms with Crippen LogP contribution in [0.1, 0.15) is 10.4 Å². The number of carbonyl (C=O) groups excluding carboxylic acids is 1. The van der Waals surface area contributed by atoms with Crippen molar-refractivity contribution in [2.45, 2.75) is 0 Å². The lowest BCUT2D eigenvalue weighted by Crippen LogP contribution is -2.48. The Balaban J connectivity index is 1.51. The molecule has 1 aliphatic rings. The molecule has 4 rings (SSSR count). The van der Waals surface area contributed by atoms with Crippen LogP contribution in [0.15, 0.2) is 48.7 Å². The first-order valence-corrected chi connectivity index (χ1v) is 9.17. The smallest absolute Gasteiger partial charge is 0.259 e. The van der Waals surface area contributed by atoms with Crippen LogP contribution in [0.2, 0.25) is 0 Å². The summed E-state index contributed by atoms with van der Waals surface area (Å²) in [4.78, 5) is 25.8. The van der Waals surface area contributed by atoms with E-state index in [1.807, 2.05) is 41.3 Å². The van der Waals surface area contributed by atoms with E-state index in [2.05, 4.69) is 20.9 Å². The summed E-state index contributed by atoms with van der Waals surface area (Å²) in [5.41, 5.74) is 2.14. The van der Waals surface area contributed by atoms with Gasteiger partial charge in [-0.2, -0.15) is 4.98 Å². The number of hydrogen-bond acceptors (Lipinski definition) is 6. The number of hydrogen-bond donors (Lipinski definition) is 0. The van der Waals surface area contributed by atoms with Gasteiger partial charge in [0.1, 0.15) is 11.3 Å². The van der Waals surface area contributed by atoms with Gasteiger partial charge in [-0.25, -0.2) is 4.98 Å². The number of methoxy groups -OCH3 is 2. The van der Waals surface area contributed by atoms with Crippen LogP contribution in [0.3, 0.4) is 0 Å². The van der Waals surface area contributed by atoms with Crippen LogP contribution >= 0.6 is 0 Å². The summed E-state index contributed by atoms with van der Waals surface area (Å²) in [6, 6.07) is 13.5. The molecule has 28 heavy (non-hydrogen) atoms. The third-order valence-corrected chi connectivity index (χ3v) is 4.96. The van der Waals surface area contributed by atoms with Gasteiger partial charge in [-0.1, -0.05) is 6.07 Å². The summed E-state index contributed by atoms with van der Waals surface area (Å²) in [6.45, 7) is 2.77. The molecular weight excluding hydrogens is 356 g/mol. The van der Waals surface area contributed by atoms with Gasteiger partial charge in [0, 0.05) is 49.5 Å². The number of ether oxygens (including phenoxy) is 2. The van der Waals surface area contributed by atoms with Crippen molar-refractivity contribution in [1.29, 1.82) is 0 Å². The van der Waals surface area contributed by atoms with Crippen LogP contribution in [-0.2, 0) is 0 Å². The molecule has 7 heteroatoms. The zero-order valence-electron chi connectivity index (χ0n) is 16.0. The van der Waals surface area contributed by atoms with E-state index in [4.69, 9.17) is 9.47 Å². The highest BCUT2D eigenvalue weighted by atomic mass is 16.5. The number of carbonyl (C=O) groups is 1. The molecule has 144 valence electrons. The molecule has 0 unspecified atom stereocenters. The molecule has 0 aliphatic carbocycles. The number of rotatable bonds is 4. The highest BCUT2D eigenvalue weighted by Crippen LogP contribution is 2.25. The Morgan fingerprint density at radius 2 is 1.82 bits per heavy atom. The van der Waals surface area contributed by atoms with Gasteiger partial charge in [0.25, 0.3) is 5.91 Å². The monoisotopic (exact) mass is 378 g/mol. The second kappa shape index (κ2) is 7.72. The number of benzene rings is 1. The average Bonchev–Trinajstić information content (AvgIpc) is 2.77. The summed E-state index contributed by atoms with van der Waals surface area (Å²) in [7, 11) is 3.19. The van der Waals surface area contributed by atoms with Crippen LogP contribution in [-0.4, -0.2) is 61.2 Å². The molecule has 0 saturated carbocycles. The molecular formula is C21H22N4O3. The van der Waals surface area contributed by atoms with Crippen LogP contribution in [0.25, 0.3) is 11.0 Å². The molecule has 1 fully saturated rings. The van der Waals surface area contributed by atoms with E-state index in [-0.39, 0.29) is 5.91 Å². The Labute approximate surface area is 163 Å². The van der Waals surface area contributed by atoms with Crippen LogP contribution in [0.4, 0.5) is 5.69 Å². The molecule has 3 heterocycles.